The Morgan fingerprint density at radius 3 is 2.33 bits per heavy atom. The largest absolute Gasteiger partial charge is 0.493 e. The highest BCUT2D eigenvalue weighted by Crippen LogP contribution is 2.37. The van der Waals surface area contributed by atoms with Crippen LogP contribution in [0.3, 0.4) is 0 Å². The van der Waals surface area contributed by atoms with Crippen LogP contribution in [0.5, 0.6) is 11.5 Å². The molecule has 3 nitrogen and oxygen atoms in total. The Morgan fingerprint density at radius 2 is 1.67 bits per heavy atom. The third-order valence-electron chi connectivity index (χ3n) is 4.20. The number of hydrogen-bond donors (Lipinski definition) is 1. The summed E-state index contributed by atoms with van der Waals surface area (Å²) in [5, 5.41) is 3.41. The number of methoxy groups -OCH3 is 1. The van der Waals surface area contributed by atoms with Crippen molar-refractivity contribution in [1.82, 2.24) is 0 Å². The normalized spacial score (nSPS) is 10.5. The van der Waals surface area contributed by atoms with Gasteiger partial charge in [-0.1, -0.05) is 45.8 Å². The molecule has 0 bridgehead atoms. The first-order valence-electron chi connectivity index (χ1n) is 8.60. The van der Waals surface area contributed by atoms with Crippen LogP contribution in [0.15, 0.2) is 65.1 Å². The molecule has 1 N–H and O–H groups in total. The third kappa shape index (κ3) is 5.01. The average molecular weight is 430 g/mol. The van der Waals surface area contributed by atoms with Crippen molar-refractivity contribution in [2.45, 2.75) is 20.1 Å². The van der Waals surface area contributed by atoms with E-state index in [2.05, 4.69) is 40.3 Å². The maximum absolute atomic E-state index is 13.1. The molecule has 3 aromatic carbocycles. The van der Waals surface area contributed by atoms with Gasteiger partial charge in [-0.05, 0) is 48.9 Å². The average Bonchev–Trinajstić information content (AvgIpc) is 2.68. The molecule has 0 amide bonds. The summed E-state index contributed by atoms with van der Waals surface area (Å²) in [4.78, 5) is 0. The van der Waals surface area contributed by atoms with E-state index >= 15 is 0 Å². The van der Waals surface area contributed by atoms with Gasteiger partial charge in [0.15, 0.2) is 11.5 Å². The highest BCUT2D eigenvalue weighted by Gasteiger charge is 2.15. The van der Waals surface area contributed by atoms with Crippen LogP contribution < -0.4 is 14.8 Å². The molecule has 0 fully saturated rings. The Labute approximate surface area is 167 Å². The van der Waals surface area contributed by atoms with Crippen LogP contribution in [0.25, 0.3) is 0 Å². The van der Waals surface area contributed by atoms with Crippen molar-refractivity contribution in [3.63, 3.8) is 0 Å². The zero-order chi connectivity index (χ0) is 19.2. The molecular weight excluding hydrogens is 409 g/mol. The number of ether oxygens (including phenoxy) is 2. The van der Waals surface area contributed by atoms with E-state index in [1.165, 1.54) is 17.7 Å². The van der Waals surface area contributed by atoms with Crippen molar-refractivity contribution in [2.75, 3.05) is 12.4 Å². The van der Waals surface area contributed by atoms with Crippen molar-refractivity contribution >= 4 is 21.6 Å². The SMILES string of the molecule is COc1ccc(Br)c(CNc2ccc(C)cc2)c1OCc1ccc(F)cc1. The topological polar surface area (TPSA) is 30.5 Å². The molecule has 140 valence electrons. The van der Waals surface area contributed by atoms with Gasteiger partial charge in [-0.2, -0.15) is 0 Å². The second kappa shape index (κ2) is 8.91. The highest BCUT2D eigenvalue weighted by molar-refractivity contribution is 9.10. The number of halogens is 2. The second-order valence-corrected chi connectivity index (χ2v) is 7.05. The predicted molar refractivity (Wildman–Crippen MR) is 110 cm³/mol. The van der Waals surface area contributed by atoms with E-state index in [1.54, 1.807) is 19.2 Å². The molecule has 0 unspecified atom stereocenters. The summed E-state index contributed by atoms with van der Waals surface area (Å²) in [5.74, 6) is 1.05. The molecule has 0 saturated carbocycles. The Morgan fingerprint density at radius 1 is 0.963 bits per heavy atom. The molecule has 0 aromatic heterocycles. The maximum atomic E-state index is 13.1. The molecule has 0 radical (unpaired) electrons. The van der Waals surface area contributed by atoms with E-state index in [-0.39, 0.29) is 5.82 Å². The molecular formula is C22H21BrFNO2. The van der Waals surface area contributed by atoms with E-state index in [9.17, 15) is 4.39 Å². The number of benzene rings is 3. The minimum Gasteiger partial charge on any atom is -0.493 e. The van der Waals surface area contributed by atoms with Gasteiger partial charge in [0.1, 0.15) is 12.4 Å². The minimum atomic E-state index is -0.262. The Balaban J connectivity index is 1.81. The molecule has 3 aromatic rings. The lowest BCUT2D eigenvalue weighted by Crippen LogP contribution is -2.06. The summed E-state index contributed by atoms with van der Waals surface area (Å²) in [7, 11) is 1.62. The van der Waals surface area contributed by atoms with Gasteiger partial charge in [-0.25, -0.2) is 4.39 Å². The molecule has 0 atom stereocenters. The van der Waals surface area contributed by atoms with Crippen LogP contribution in [-0.4, -0.2) is 7.11 Å². The lowest BCUT2D eigenvalue weighted by Gasteiger charge is -2.18. The molecule has 0 heterocycles. The molecule has 0 aliphatic heterocycles. The molecule has 5 heteroatoms. The Kier molecular flexibility index (Phi) is 6.35. The standard InChI is InChI=1S/C22H21BrFNO2/c1-15-3-9-18(10-4-15)25-13-19-20(23)11-12-21(26-2)22(19)27-14-16-5-7-17(24)8-6-16/h3-12,25H,13-14H2,1-2H3. The molecule has 0 aliphatic carbocycles. The number of rotatable bonds is 7. The van der Waals surface area contributed by atoms with Gasteiger partial charge < -0.3 is 14.8 Å². The van der Waals surface area contributed by atoms with Crippen LogP contribution in [0.2, 0.25) is 0 Å². The number of hydrogen-bond acceptors (Lipinski definition) is 3. The predicted octanol–water partition coefficient (Wildman–Crippen LogP) is 6.10. The summed E-state index contributed by atoms with van der Waals surface area (Å²) in [6.45, 7) is 2.95. The van der Waals surface area contributed by atoms with Crippen LogP contribution >= 0.6 is 15.9 Å². The first kappa shape index (κ1) is 19.2. The van der Waals surface area contributed by atoms with Crippen LogP contribution in [0.4, 0.5) is 10.1 Å². The number of aryl methyl sites for hydroxylation is 1. The lowest BCUT2D eigenvalue weighted by atomic mass is 10.1. The van der Waals surface area contributed by atoms with Crippen molar-refractivity contribution in [1.29, 1.82) is 0 Å². The van der Waals surface area contributed by atoms with E-state index in [4.69, 9.17) is 9.47 Å². The van der Waals surface area contributed by atoms with E-state index in [0.29, 0.717) is 24.7 Å². The molecule has 0 aliphatic rings. The third-order valence-corrected chi connectivity index (χ3v) is 4.95. The zero-order valence-corrected chi connectivity index (χ0v) is 16.8. The van der Waals surface area contributed by atoms with Gasteiger partial charge in [-0.15, -0.1) is 0 Å². The fraction of sp³-hybridized carbons (Fsp3) is 0.182. The van der Waals surface area contributed by atoms with E-state index in [1.807, 2.05) is 24.3 Å². The summed E-state index contributed by atoms with van der Waals surface area (Å²) in [5.41, 5.74) is 4.08. The summed E-state index contributed by atoms with van der Waals surface area (Å²) in [6.07, 6.45) is 0. The van der Waals surface area contributed by atoms with Gasteiger partial charge in [0, 0.05) is 22.3 Å². The smallest absolute Gasteiger partial charge is 0.167 e. The first-order valence-corrected chi connectivity index (χ1v) is 9.39. The molecule has 3 rings (SSSR count). The Bertz CT molecular complexity index is 895. The first-order chi connectivity index (χ1) is 13.1. The van der Waals surface area contributed by atoms with Crippen molar-refractivity contribution in [2.24, 2.45) is 0 Å². The second-order valence-electron chi connectivity index (χ2n) is 6.19. The fourth-order valence-electron chi connectivity index (χ4n) is 2.66. The van der Waals surface area contributed by atoms with Gasteiger partial charge in [0.25, 0.3) is 0 Å². The fourth-order valence-corrected chi connectivity index (χ4v) is 3.12. The summed E-state index contributed by atoms with van der Waals surface area (Å²) >= 11 is 3.61. The summed E-state index contributed by atoms with van der Waals surface area (Å²) in [6, 6.07) is 18.3. The van der Waals surface area contributed by atoms with Crippen molar-refractivity contribution < 1.29 is 13.9 Å². The minimum absolute atomic E-state index is 0.262. The zero-order valence-electron chi connectivity index (χ0n) is 15.3. The summed E-state index contributed by atoms with van der Waals surface area (Å²) < 4.78 is 25.6. The Hall–Kier alpha value is -2.53. The van der Waals surface area contributed by atoms with E-state index < -0.39 is 0 Å². The molecule has 0 saturated heterocycles. The lowest BCUT2D eigenvalue weighted by molar-refractivity contribution is 0.281. The van der Waals surface area contributed by atoms with Crippen LogP contribution in [0, 0.1) is 12.7 Å². The van der Waals surface area contributed by atoms with Crippen molar-refractivity contribution in [3.8, 4) is 11.5 Å². The van der Waals surface area contributed by atoms with Gasteiger partial charge in [0.2, 0.25) is 0 Å². The maximum Gasteiger partial charge on any atom is 0.167 e. The van der Waals surface area contributed by atoms with Gasteiger partial charge in [0.05, 0.1) is 7.11 Å². The number of nitrogens with one attached hydrogen (secondary N) is 1. The molecule has 0 spiro atoms. The van der Waals surface area contributed by atoms with Gasteiger partial charge >= 0.3 is 0 Å². The van der Waals surface area contributed by atoms with E-state index in [0.717, 1.165) is 21.3 Å². The van der Waals surface area contributed by atoms with Crippen LogP contribution in [-0.2, 0) is 13.2 Å². The molecule has 27 heavy (non-hydrogen) atoms. The quantitative estimate of drug-likeness (QED) is 0.492. The highest BCUT2D eigenvalue weighted by atomic mass is 79.9. The van der Waals surface area contributed by atoms with Crippen LogP contribution in [0.1, 0.15) is 16.7 Å². The van der Waals surface area contributed by atoms with Crippen molar-refractivity contribution in [3.05, 3.63) is 87.6 Å². The van der Waals surface area contributed by atoms with Gasteiger partial charge in [-0.3, -0.25) is 0 Å². The number of anilines is 1. The monoisotopic (exact) mass is 429 g/mol.